The monoisotopic (exact) mass is 486 g/mol. The van der Waals surface area contributed by atoms with Gasteiger partial charge < -0.3 is 4.55 Å². The summed E-state index contributed by atoms with van der Waals surface area (Å²) in [4.78, 5) is 1.09. The Morgan fingerprint density at radius 2 is 1.35 bits per heavy atom. The summed E-state index contributed by atoms with van der Waals surface area (Å²) in [7, 11) is 2.27. The van der Waals surface area contributed by atoms with Crippen molar-refractivity contribution in [3.8, 4) is 0 Å². The van der Waals surface area contributed by atoms with Crippen LogP contribution in [0.2, 0.25) is 30.1 Å². The normalized spacial score (nSPS) is 12.5. The van der Waals surface area contributed by atoms with Gasteiger partial charge in [-0.2, -0.15) is 0 Å². The van der Waals surface area contributed by atoms with E-state index in [0.717, 1.165) is 21.6 Å². The Kier molecular flexibility index (Phi) is 7.58. The Bertz CT molecular complexity index is 770. The first-order valence-electron chi connectivity index (χ1n) is 5.50. The molecule has 0 spiro atoms. The molecule has 2 rings (SSSR count). The molecule has 2 aromatic carbocycles. The van der Waals surface area contributed by atoms with Crippen molar-refractivity contribution in [1.29, 1.82) is 0 Å². The van der Waals surface area contributed by atoms with Crippen LogP contribution in [0, 0.1) is 0 Å². The zero-order valence-electron chi connectivity index (χ0n) is 10.6. The summed E-state index contributed by atoms with van der Waals surface area (Å²) in [6.07, 6.45) is 0. The van der Waals surface area contributed by atoms with E-state index in [0.29, 0.717) is 14.8 Å². The second-order valence-corrected chi connectivity index (χ2v) is 9.35. The molecule has 0 saturated carbocycles. The van der Waals surface area contributed by atoms with Gasteiger partial charge in [0.1, 0.15) is 0 Å². The van der Waals surface area contributed by atoms with E-state index in [4.69, 9.17) is 69.6 Å². The van der Waals surface area contributed by atoms with Crippen LogP contribution in [0.5, 0.6) is 0 Å². The zero-order chi connectivity index (χ0) is 17.3. The first-order chi connectivity index (χ1) is 10.7. The van der Waals surface area contributed by atoms with Crippen molar-refractivity contribution in [2.75, 3.05) is 0 Å². The van der Waals surface area contributed by atoms with Gasteiger partial charge in [0.25, 0.3) is 0 Å². The lowest BCUT2D eigenvalue weighted by Gasteiger charge is -2.12. The fraction of sp³-hybridized carbons (Fsp3) is 0. The van der Waals surface area contributed by atoms with Crippen LogP contribution in [-0.2, 0) is 11.1 Å². The van der Waals surface area contributed by atoms with Crippen molar-refractivity contribution in [2.24, 2.45) is 0 Å². The van der Waals surface area contributed by atoms with Gasteiger partial charge in [-0.15, -0.1) is 0 Å². The van der Waals surface area contributed by atoms with E-state index >= 15 is 0 Å². The van der Waals surface area contributed by atoms with Crippen LogP contribution in [0.3, 0.4) is 0 Å². The van der Waals surface area contributed by atoms with Crippen molar-refractivity contribution in [3.05, 3.63) is 48.3 Å². The molecule has 2 nitrogen and oxygen atoms in total. The van der Waals surface area contributed by atoms with Crippen molar-refractivity contribution in [2.45, 2.75) is 14.7 Å². The highest BCUT2D eigenvalue weighted by Gasteiger charge is 2.21. The topological polar surface area (TPSA) is 37.3 Å². The second kappa shape index (κ2) is 8.58. The Labute approximate surface area is 172 Å². The van der Waals surface area contributed by atoms with E-state index in [9.17, 15) is 8.76 Å². The third-order valence-electron chi connectivity index (χ3n) is 2.48. The molecule has 23 heavy (non-hydrogen) atoms. The summed E-state index contributed by atoms with van der Waals surface area (Å²) in [5, 5.41) is 0.963. The number of hydrogen-bond acceptors (Lipinski definition) is 3. The number of benzene rings is 2. The van der Waals surface area contributed by atoms with Crippen LogP contribution in [0.25, 0.3) is 0 Å². The van der Waals surface area contributed by atoms with Crippen molar-refractivity contribution in [3.63, 3.8) is 0 Å². The van der Waals surface area contributed by atoms with Crippen LogP contribution in [0.1, 0.15) is 0 Å². The molecule has 124 valence electrons. The minimum atomic E-state index is -2.16. The molecule has 0 saturated heterocycles. The molecule has 0 aromatic heterocycles. The van der Waals surface area contributed by atoms with E-state index in [2.05, 4.69) is 0 Å². The lowest BCUT2D eigenvalue weighted by atomic mass is 10.3. The Morgan fingerprint density at radius 3 is 1.87 bits per heavy atom. The van der Waals surface area contributed by atoms with E-state index in [1.807, 2.05) is 0 Å². The minimum absolute atomic E-state index is 0.0672. The SMILES string of the molecule is O=S(O)c1ccc(Cl)cc1SSc1c(Cl)c(Cl)c(Cl)c(Cl)c1Cl. The van der Waals surface area contributed by atoms with Crippen LogP contribution < -0.4 is 0 Å². The molecule has 1 atom stereocenters. The van der Waals surface area contributed by atoms with Gasteiger partial charge in [0, 0.05) is 9.92 Å². The van der Waals surface area contributed by atoms with E-state index < -0.39 is 11.1 Å². The van der Waals surface area contributed by atoms with Crippen LogP contribution in [0.15, 0.2) is 32.9 Å². The molecule has 0 heterocycles. The highest BCUT2D eigenvalue weighted by Crippen LogP contribution is 2.52. The minimum Gasteiger partial charge on any atom is -0.302 e. The molecule has 0 bridgehead atoms. The standard InChI is InChI=1S/C12H4Cl6O2S3/c13-4-1-2-6(23(19)20)5(3-4)21-22-12-10(17)8(15)7(14)9(16)11(12)18/h1-3H,(H,19,20). The Balaban J connectivity index is 2.40. The third-order valence-corrected chi connectivity index (χ3v) is 8.54. The predicted molar refractivity (Wildman–Crippen MR) is 104 cm³/mol. The van der Waals surface area contributed by atoms with Gasteiger partial charge in [0.15, 0.2) is 11.1 Å². The lowest BCUT2D eigenvalue weighted by molar-refractivity contribution is 0.562. The molecule has 0 aliphatic carbocycles. The molecular formula is C12H4Cl6O2S3. The molecule has 0 amide bonds. The summed E-state index contributed by atoms with van der Waals surface area (Å²) in [5.41, 5.74) is 0. The fourth-order valence-electron chi connectivity index (χ4n) is 1.44. The highest BCUT2D eigenvalue weighted by atomic mass is 35.5. The summed E-state index contributed by atoms with van der Waals surface area (Å²) in [6.45, 7) is 0. The fourth-order valence-corrected chi connectivity index (χ4v) is 6.62. The molecule has 0 aliphatic rings. The lowest BCUT2D eigenvalue weighted by Crippen LogP contribution is -1.90. The maximum Gasteiger partial charge on any atom is 0.187 e. The first-order valence-corrected chi connectivity index (χ1v) is 11.0. The van der Waals surface area contributed by atoms with Crippen molar-refractivity contribution >= 4 is 102 Å². The number of rotatable bonds is 4. The second-order valence-electron chi connectivity index (χ2n) is 3.91. The Hall–Kier alpha value is 0.990. The summed E-state index contributed by atoms with van der Waals surface area (Å²) >= 11 is 34.0. The van der Waals surface area contributed by atoms with E-state index in [-0.39, 0.29) is 30.0 Å². The molecule has 0 aliphatic heterocycles. The molecule has 11 heteroatoms. The number of halogens is 6. The van der Waals surface area contributed by atoms with Crippen LogP contribution >= 0.6 is 91.2 Å². The van der Waals surface area contributed by atoms with Gasteiger partial charge in [-0.25, -0.2) is 4.21 Å². The zero-order valence-corrected chi connectivity index (χ0v) is 17.6. The first kappa shape index (κ1) is 20.3. The quantitative estimate of drug-likeness (QED) is 0.205. The molecular weight excluding hydrogens is 485 g/mol. The molecule has 1 unspecified atom stereocenters. The summed E-state index contributed by atoms with van der Waals surface area (Å²) in [6, 6.07) is 4.55. The predicted octanol–water partition coefficient (Wildman–Crippen LogP) is 7.99. The van der Waals surface area contributed by atoms with Gasteiger partial charge in [-0.3, -0.25) is 0 Å². The van der Waals surface area contributed by atoms with Crippen molar-refractivity contribution < 1.29 is 8.76 Å². The summed E-state index contributed by atoms with van der Waals surface area (Å²) < 4.78 is 20.7. The highest BCUT2D eigenvalue weighted by molar-refractivity contribution is 8.76. The van der Waals surface area contributed by atoms with Gasteiger partial charge in [-0.1, -0.05) is 80.4 Å². The molecule has 2 aromatic rings. The number of hydrogen-bond donors (Lipinski definition) is 1. The summed E-state index contributed by atoms with van der Waals surface area (Å²) in [5.74, 6) is 0. The molecule has 0 radical (unpaired) electrons. The smallest absolute Gasteiger partial charge is 0.187 e. The van der Waals surface area contributed by atoms with E-state index in [1.54, 1.807) is 6.07 Å². The third kappa shape index (κ3) is 4.59. The average Bonchev–Trinajstić information content (AvgIpc) is 2.50. The van der Waals surface area contributed by atoms with Gasteiger partial charge in [0.05, 0.1) is 34.9 Å². The Morgan fingerprint density at radius 1 is 0.826 bits per heavy atom. The maximum atomic E-state index is 11.4. The average molecular weight is 489 g/mol. The van der Waals surface area contributed by atoms with Crippen LogP contribution in [0.4, 0.5) is 0 Å². The van der Waals surface area contributed by atoms with Gasteiger partial charge >= 0.3 is 0 Å². The largest absolute Gasteiger partial charge is 0.302 e. The van der Waals surface area contributed by atoms with Crippen molar-refractivity contribution in [1.82, 2.24) is 0 Å². The van der Waals surface area contributed by atoms with Gasteiger partial charge in [0.2, 0.25) is 0 Å². The maximum absolute atomic E-state index is 11.4. The van der Waals surface area contributed by atoms with Gasteiger partial charge in [-0.05, 0) is 29.0 Å². The molecule has 0 fully saturated rings. The van der Waals surface area contributed by atoms with E-state index in [1.165, 1.54) is 12.1 Å². The van der Waals surface area contributed by atoms with Crippen LogP contribution in [-0.4, -0.2) is 8.76 Å². The molecule has 1 N–H and O–H groups in total.